The fourth-order valence-electron chi connectivity index (χ4n) is 1.83. The average molecular weight is 265 g/mol. The summed E-state index contributed by atoms with van der Waals surface area (Å²) in [5, 5.41) is 9.88. The summed E-state index contributed by atoms with van der Waals surface area (Å²) in [7, 11) is 0. The summed E-state index contributed by atoms with van der Waals surface area (Å²) in [5.74, 6) is -0.872. The van der Waals surface area contributed by atoms with E-state index in [4.69, 9.17) is 0 Å². The summed E-state index contributed by atoms with van der Waals surface area (Å²) in [6, 6.07) is 2.71. The van der Waals surface area contributed by atoms with Gasteiger partial charge in [-0.05, 0) is 24.6 Å². The molecule has 0 aliphatic rings. The van der Waals surface area contributed by atoms with Crippen LogP contribution in [0.4, 0.5) is 8.78 Å². The maximum absolute atomic E-state index is 13.9. The average Bonchev–Trinajstić information content (AvgIpc) is 2.79. The first-order valence-electron chi connectivity index (χ1n) is 6.20. The number of halogens is 2. The number of aryl methyl sites for hydroxylation is 1. The molecule has 3 nitrogen and oxygen atoms in total. The van der Waals surface area contributed by atoms with Gasteiger partial charge >= 0.3 is 0 Å². The van der Waals surface area contributed by atoms with Crippen molar-refractivity contribution in [2.45, 2.75) is 33.4 Å². The van der Waals surface area contributed by atoms with Crippen LogP contribution in [0.5, 0.6) is 0 Å². The SMILES string of the molecule is Cc1cc(F)c(-c2[nH]ncc2CNC(C)C)cc1F. The Bertz CT molecular complexity index is 576. The second-order valence-corrected chi connectivity index (χ2v) is 4.89. The molecule has 5 heteroatoms. The zero-order chi connectivity index (χ0) is 14.0. The number of H-pyrrole nitrogens is 1. The lowest BCUT2D eigenvalue weighted by Crippen LogP contribution is -2.21. The van der Waals surface area contributed by atoms with Crippen molar-refractivity contribution in [3.8, 4) is 11.3 Å². The second kappa shape index (κ2) is 5.48. The normalized spacial score (nSPS) is 11.3. The van der Waals surface area contributed by atoms with Crippen LogP contribution in [0.2, 0.25) is 0 Å². The fourth-order valence-corrected chi connectivity index (χ4v) is 1.83. The van der Waals surface area contributed by atoms with Crippen molar-refractivity contribution < 1.29 is 8.78 Å². The van der Waals surface area contributed by atoms with Crippen LogP contribution in [0.25, 0.3) is 11.3 Å². The Labute approximate surface area is 111 Å². The van der Waals surface area contributed by atoms with E-state index in [9.17, 15) is 8.78 Å². The lowest BCUT2D eigenvalue weighted by molar-refractivity contribution is 0.586. The van der Waals surface area contributed by atoms with Crippen LogP contribution in [0.3, 0.4) is 0 Å². The number of aromatic nitrogens is 2. The zero-order valence-corrected chi connectivity index (χ0v) is 11.2. The van der Waals surface area contributed by atoms with Gasteiger partial charge in [0.25, 0.3) is 0 Å². The van der Waals surface area contributed by atoms with E-state index in [1.165, 1.54) is 19.1 Å². The predicted molar refractivity (Wildman–Crippen MR) is 70.7 cm³/mol. The molecule has 1 aromatic heterocycles. The van der Waals surface area contributed by atoms with E-state index in [-0.39, 0.29) is 5.56 Å². The summed E-state index contributed by atoms with van der Waals surface area (Å²) in [5.41, 5.74) is 1.84. The van der Waals surface area contributed by atoms with Gasteiger partial charge in [0.15, 0.2) is 0 Å². The molecule has 19 heavy (non-hydrogen) atoms. The minimum absolute atomic E-state index is 0.209. The third kappa shape index (κ3) is 2.98. The highest BCUT2D eigenvalue weighted by atomic mass is 19.1. The summed E-state index contributed by atoms with van der Waals surface area (Å²) >= 11 is 0. The molecule has 0 unspecified atom stereocenters. The van der Waals surface area contributed by atoms with Gasteiger partial charge < -0.3 is 5.32 Å². The van der Waals surface area contributed by atoms with Crippen molar-refractivity contribution in [2.24, 2.45) is 0 Å². The molecule has 0 atom stereocenters. The quantitative estimate of drug-likeness (QED) is 0.891. The van der Waals surface area contributed by atoms with Crippen LogP contribution in [0, 0.1) is 18.6 Å². The van der Waals surface area contributed by atoms with Crippen molar-refractivity contribution >= 4 is 0 Å². The van der Waals surface area contributed by atoms with Gasteiger partial charge in [-0.25, -0.2) is 8.78 Å². The highest BCUT2D eigenvalue weighted by molar-refractivity contribution is 5.64. The number of hydrogen-bond donors (Lipinski definition) is 2. The number of nitrogens with one attached hydrogen (secondary N) is 2. The van der Waals surface area contributed by atoms with Gasteiger partial charge in [0.05, 0.1) is 11.9 Å². The minimum Gasteiger partial charge on any atom is -0.310 e. The largest absolute Gasteiger partial charge is 0.310 e. The van der Waals surface area contributed by atoms with Crippen molar-refractivity contribution in [1.29, 1.82) is 0 Å². The Kier molecular flexibility index (Phi) is 3.95. The zero-order valence-electron chi connectivity index (χ0n) is 11.2. The van der Waals surface area contributed by atoms with Gasteiger partial charge in [-0.3, -0.25) is 5.10 Å². The van der Waals surface area contributed by atoms with Crippen LogP contribution in [-0.2, 0) is 6.54 Å². The van der Waals surface area contributed by atoms with Crippen LogP contribution in [0.15, 0.2) is 18.3 Å². The molecule has 0 aliphatic heterocycles. The van der Waals surface area contributed by atoms with E-state index in [1.54, 1.807) is 6.20 Å². The van der Waals surface area contributed by atoms with Crippen LogP contribution < -0.4 is 5.32 Å². The third-order valence-electron chi connectivity index (χ3n) is 2.94. The number of aromatic amines is 1. The van der Waals surface area contributed by atoms with Crippen molar-refractivity contribution in [2.75, 3.05) is 0 Å². The highest BCUT2D eigenvalue weighted by Crippen LogP contribution is 2.26. The van der Waals surface area contributed by atoms with E-state index < -0.39 is 11.6 Å². The number of nitrogens with zero attached hydrogens (tertiary/aromatic N) is 1. The maximum Gasteiger partial charge on any atom is 0.133 e. The molecular formula is C14H17F2N3. The maximum atomic E-state index is 13.9. The van der Waals surface area contributed by atoms with Gasteiger partial charge in [0, 0.05) is 23.7 Å². The first kappa shape index (κ1) is 13.7. The van der Waals surface area contributed by atoms with E-state index in [1.807, 2.05) is 13.8 Å². The molecular weight excluding hydrogens is 248 g/mol. The summed E-state index contributed by atoms with van der Waals surface area (Å²) in [6.45, 7) is 6.13. The smallest absolute Gasteiger partial charge is 0.133 e. The van der Waals surface area contributed by atoms with Gasteiger partial charge in [-0.1, -0.05) is 13.8 Å². The highest BCUT2D eigenvalue weighted by Gasteiger charge is 2.14. The van der Waals surface area contributed by atoms with Crippen molar-refractivity contribution in [3.63, 3.8) is 0 Å². The number of rotatable bonds is 4. The Morgan fingerprint density at radius 1 is 1.26 bits per heavy atom. The Balaban J connectivity index is 2.37. The molecule has 0 amide bonds. The standard InChI is InChI=1S/C14H17F2N3/c1-8(2)17-6-10-7-18-19-14(10)11-5-12(15)9(3)4-13(11)16/h4-5,7-8,17H,6H2,1-3H3,(H,18,19). The Morgan fingerprint density at radius 2 is 2.00 bits per heavy atom. The van der Waals surface area contributed by atoms with E-state index in [0.29, 0.717) is 23.8 Å². The number of benzene rings is 1. The molecule has 0 saturated heterocycles. The van der Waals surface area contributed by atoms with Gasteiger partial charge in [-0.2, -0.15) is 5.10 Å². The topological polar surface area (TPSA) is 40.7 Å². The fraction of sp³-hybridized carbons (Fsp3) is 0.357. The van der Waals surface area contributed by atoms with Crippen molar-refractivity contribution in [1.82, 2.24) is 15.5 Å². The molecule has 2 N–H and O–H groups in total. The second-order valence-electron chi connectivity index (χ2n) is 4.89. The predicted octanol–water partition coefficient (Wildman–Crippen LogP) is 3.16. The first-order valence-corrected chi connectivity index (χ1v) is 6.20. The molecule has 1 aromatic carbocycles. The molecule has 0 fully saturated rings. The molecule has 2 rings (SSSR count). The van der Waals surface area contributed by atoms with Crippen LogP contribution in [-0.4, -0.2) is 16.2 Å². The van der Waals surface area contributed by atoms with Gasteiger partial charge in [0.1, 0.15) is 11.6 Å². The summed E-state index contributed by atoms with van der Waals surface area (Å²) < 4.78 is 27.5. The lowest BCUT2D eigenvalue weighted by Gasteiger charge is -2.09. The molecule has 0 saturated carbocycles. The molecule has 2 aromatic rings. The summed E-state index contributed by atoms with van der Waals surface area (Å²) in [6.07, 6.45) is 1.63. The van der Waals surface area contributed by atoms with Crippen LogP contribution >= 0.6 is 0 Å². The first-order chi connectivity index (χ1) is 8.99. The molecule has 0 spiro atoms. The Hall–Kier alpha value is -1.75. The van der Waals surface area contributed by atoms with Gasteiger partial charge in [-0.15, -0.1) is 0 Å². The van der Waals surface area contributed by atoms with Crippen LogP contribution in [0.1, 0.15) is 25.0 Å². The molecule has 0 radical (unpaired) electrons. The van der Waals surface area contributed by atoms with E-state index >= 15 is 0 Å². The Morgan fingerprint density at radius 3 is 2.68 bits per heavy atom. The lowest BCUT2D eigenvalue weighted by atomic mass is 10.0. The minimum atomic E-state index is -0.450. The monoisotopic (exact) mass is 265 g/mol. The van der Waals surface area contributed by atoms with Crippen molar-refractivity contribution in [3.05, 3.63) is 41.1 Å². The molecule has 0 bridgehead atoms. The molecule has 1 heterocycles. The summed E-state index contributed by atoms with van der Waals surface area (Å²) in [4.78, 5) is 0. The van der Waals surface area contributed by atoms with Gasteiger partial charge in [0.2, 0.25) is 0 Å². The number of hydrogen-bond acceptors (Lipinski definition) is 2. The van der Waals surface area contributed by atoms with E-state index in [2.05, 4.69) is 15.5 Å². The van der Waals surface area contributed by atoms with E-state index in [0.717, 1.165) is 5.56 Å². The molecule has 0 aliphatic carbocycles. The molecule has 102 valence electrons. The third-order valence-corrected chi connectivity index (χ3v) is 2.94.